The van der Waals surface area contributed by atoms with Crippen LogP contribution < -0.4 is 16.0 Å². The lowest BCUT2D eigenvalue weighted by Gasteiger charge is -2.32. The molecule has 2 aromatic rings. The largest absolute Gasteiger partial charge is 0.378 e. The normalized spacial score (nSPS) is 19.1. The molecule has 3 N–H and O–H groups in total. The molecule has 0 radical (unpaired) electrons. The van der Waals surface area contributed by atoms with Crippen LogP contribution in [0.3, 0.4) is 0 Å². The van der Waals surface area contributed by atoms with Crippen molar-refractivity contribution < 1.29 is 23.1 Å². The predicted molar refractivity (Wildman–Crippen MR) is 130 cm³/mol. The Morgan fingerprint density at radius 2 is 2.00 bits per heavy atom. The van der Waals surface area contributed by atoms with Gasteiger partial charge in [0.25, 0.3) is 5.91 Å². The first-order valence-corrected chi connectivity index (χ1v) is 12.1. The Bertz CT molecular complexity index is 1100. The highest BCUT2D eigenvalue weighted by molar-refractivity contribution is 5.98. The molecule has 4 rings (SSSR count). The minimum atomic E-state index is -1.06. The first kappa shape index (κ1) is 25.7. The number of aromatic nitrogens is 1. The maximum atomic E-state index is 13.9. The number of carbonyl (C=O) groups is 2. The molecule has 10 heteroatoms. The molecular formula is C26H31F2N5O3. The third-order valence-corrected chi connectivity index (χ3v) is 6.59. The molecule has 192 valence electrons. The molecule has 3 heterocycles. The van der Waals surface area contributed by atoms with Crippen LogP contribution in [0.1, 0.15) is 42.5 Å². The molecule has 2 aliphatic rings. The molecule has 36 heavy (non-hydrogen) atoms. The Morgan fingerprint density at radius 1 is 1.19 bits per heavy atom. The lowest BCUT2D eigenvalue weighted by Crippen LogP contribution is -2.48. The van der Waals surface area contributed by atoms with Crippen LogP contribution in [0.4, 0.5) is 13.6 Å². The molecule has 1 aromatic carbocycles. The van der Waals surface area contributed by atoms with E-state index in [2.05, 4.69) is 31.9 Å². The number of carbonyl (C=O) groups excluding carboxylic acids is 2. The number of hydrogen-bond acceptors (Lipinski definition) is 5. The second-order valence-corrected chi connectivity index (χ2v) is 9.01. The highest BCUT2D eigenvalue weighted by atomic mass is 19.2. The summed E-state index contributed by atoms with van der Waals surface area (Å²) in [5.74, 6) is -1.98. The maximum absolute atomic E-state index is 13.9. The number of likely N-dealkylation sites (tertiary alicyclic amines) is 1. The number of ether oxygens (including phenoxy) is 1. The quantitative estimate of drug-likeness (QED) is 0.461. The van der Waals surface area contributed by atoms with Gasteiger partial charge in [0.05, 0.1) is 23.9 Å². The highest BCUT2D eigenvalue weighted by Gasteiger charge is 2.33. The minimum absolute atomic E-state index is 0.0123. The number of halogens is 2. The van der Waals surface area contributed by atoms with Crippen molar-refractivity contribution >= 4 is 11.9 Å². The standard InChI is InChI=1S/C26H31F2N5O3/c1-36-16-22-23(24(32-26(35)31-22)18-6-7-19(27)20(28)15-18)25(34)30-11-4-12-33-13-8-17(9-14-33)21-5-2-3-10-29-21/h2-3,5-7,10,15,17,24H,4,8-9,11-14,16H2,1H3,(H,30,34)(H2,31,32,35). The average Bonchev–Trinajstić information content (AvgIpc) is 2.89. The molecule has 8 nitrogen and oxygen atoms in total. The van der Waals surface area contributed by atoms with Crippen molar-refractivity contribution in [3.63, 3.8) is 0 Å². The van der Waals surface area contributed by atoms with Crippen LogP contribution in [0.2, 0.25) is 0 Å². The lowest BCUT2D eigenvalue weighted by atomic mass is 9.93. The first-order valence-electron chi connectivity index (χ1n) is 12.1. The fourth-order valence-electron chi connectivity index (χ4n) is 4.76. The summed E-state index contributed by atoms with van der Waals surface area (Å²) in [6.45, 7) is 3.22. The van der Waals surface area contributed by atoms with Crippen molar-refractivity contribution in [2.75, 3.05) is 39.9 Å². The maximum Gasteiger partial charge on any atom is 0.319 e. The number of piperidine rings is 1. The number of nitrogens with zero attached hydrogens (tertiary/aromatic N) is 2. The lowest BCUT2D eigenvalue weighted by molar-refractivity contribution is -0.118. The zero-order valence-electron chi connectivity index (χ0n) is 20.2. The molecule has 1 saturated heterocycles. The van der Waals surface area contributed by atoms with E-state index in [1.165, 1.54) is 13.2 Å². The summed E-state index contributed by atoms with van der Waals surface area (Å²) < 4.78 is 32.5. The van der Waals surface area contributed by atoms with Crippen molar-refractivity contribution in [2.24, 2.45) is 0 Å². The van der Waals surface area contributed by atoms with E-state index in [1.807, 2.05) is 18.3 Å². The van der Waals surface area contributed by atoms with Gasteiger partial charge in [-0.3, -0.25) is 9.78 Å². The van der Waals surface area contributed by atoms with Gasteiger partial charge in [-0.2, -0.15) is 0 Å². The third-order valence-electron chi connectivity index (χ3n) is 6.59. The minimum Gasteiger partial charge on any atom is -0.378 e. The van der Waals surface area contributed by atoms with Crippen molar-refractivity contribution in [2.45, 2.75) is 31.2 Å². The van der Waals surface area contributed by atoms with Crippen LogP contribution in [0.15, 0.2) is 53.9 Å². The van der Waals surface area contributed by atoms with Gasteiger partial charge in [-0.1, -0.05) is 12.1 Å². The van der Waals surface area contributed by atoms with E-state index >= 15 is 0 Å². The van der Waals surface area contributed by atoms with Gasteiger partial charge >= 0.3 is 6.03 Å². The molecule has 1 unspecified atom stereocenters. The molecule has 0 saturated carbocycles. The van der Waals surface area contributed by atoms with Crippen molar-refractivity contribution in [1.29, 1.82) is 0 Å². The fraction of sp³-hybridized carbons (Fsp3) is 0.423. The number of methoxy groups -OCH3 is 1. The molecular weight excluding hydrogens is 468 g/mol. The number of rotatable bonds is 9. The molecule has 2 aliphatic heterocycles. The number of nitrogens with one attached hydrogen (secondary N) is 3. The zero-order chi connectivity index (χ0) is 25.5. The second kappa shape index (κ2) is 12.0. The Balaban J connectivity index is 1.34. The zero-order valence-corrected chi connectivity index (χ0v) is 20.2. The SMILES string of the molecule is COCC1=C(C(=O)NCCCN2CCC(c3ccccn3)CC2)C(c2ccc(F)c(F)c2)NC(=O)N1. The Morgan fingerprint density at radius 3 is 2.69 bits per heavy atom. The van der Waals surface area contributed by atoms with Crippen LogP contribution >= 0.6 is 0 Å². The molecule has 0 spiro atoms. The van der Waals surface area contributed by atoms with Gasteiger partial charge < -0.3 is 25.6 Å². The van der Waals surface area contributed by atoms with Gasteiger partial charge in [0.1, 0.15) is 0 Å². The number of pyridine rings is 1. The van der Waals surface area contributed by atoms with Crippen LogP contribution in [0, 0.1) is 11.6 Å². The summed E-state index contributed by atoms with van der Waals surface area (Å²) in [4.78, 5) is 32.2. The Kier molecular flexibility index (Phi) is 8.61. The van der Waals surface area contributed by atoms with E-state index in [9.17, 15) is 18.4 Å². The van der Waals surface area contributed by atoms with Crippen LogP contribution in [-0.2, 0) is 9.53 Å². The van der Waals surface area contributed by atoms with E-state index in [4.69, 9.17) is 4.74 Å². The Labute approximate surface area is 209 Å². The van der Waals surface area contributed by atoms with Gasteiger partial charge in [-0.25, -0.2) is 13.6 Å². The molecule has 1 fully saturated rings. The number of hydrogen-bond donors (Lipinski definition) is 3. The first-order chi connectivity index (χ1) is 17.5. The van der Waals surface area contributed by atoms with Gasteiger partial charge in [0.15, 0.2) is 11.6 Å². The fourth-order valence-corrected chi connectivity index (χ4v) is 4.76. The van der Waals surface area contributed by atoms with Gasteiger partial charge in [0, 0.05) is 31.5 Å². The smallest absolute Gasteiger partial charge is 0.319 e. The summed E-state index contributed by atoms with van der Waals surface area (Å²) in [6.07, 6.45) is 4.70. The number of urea groups is 1. The van der Waals surface area contributed by atoms with E-state index < -0.39 is 29.6 Å². The average molecular weight is 500 g/mol. The van der Waals surface area contributed by atoms with Gasteiger partial charge in [-0.15, -0.1) is 0 Å². The summed E-state index contributed by atoms with van der Waals surface area (Å²) in [5, 5.41) is 8.14. The third kappa shape index (κ3) is 6.24. The summed E-state index contributed by atoms with van der Waals surface area (Å²) in [5.41, 5.74) is 1.90. The molecule has 0 aliphatic carbocycles. The van der Waals surface area contributed by atoms with Gasteiger partial charge in [-0.05, 0) is 68.7 Å². The number of amides is 3. The van der Waals surface area contributed by atoms with E-state index in [0.717, 1.165) is 56.7 Å². The highest BCUT2D eigenvalue weighted by Crippen LogP contribution is 2.28. The van der Waals surface area contributed by atoms with Crippen LogP contribution in [0.5, 0.6) is 0 Å². The molecule has 1 aromatic heterocycles. The van der Waals surface area contributed by atoms with Gasteiger partial charge in [0.2, 0.25) is 0 Å². The summed E-state index contributed by atoms with van der Waals surface area (Å²) in [6, 6.07) is 7.85. The van der Waals surface area contributed by atoms with Crippen molar-refractivity contribution in [3.8, 4) is 0 Å². The second-order valence-electron chi connectivity index (χ2n) is 9.01. The number of benzene rings is 1. The van der Waals surface area contributed by atoms with Crippen LogP contribution in [0.25, 0.3) is 0 Å². The van der Waals surface area contributed by atoms with E-state index in [-0.39, 0.29) is 23.4 Å². The van der Waals surface area contributed by atoms with E-state index in [1.54, 1.807) is 0 Å². The van der Waals surface area contributed by atoms with Crippen molar-refractivity contribution in [3.05, 3.63) is 76.8 Å². The van der Waals surface area contributed by atoms with Crippen LogP contribution in [-0.4, -0.2) is 61.7 Å². The summed E-state index contributed by atoms with van der Waals surface area (Å²) >= 11 is 0. The molecule has 0 bridgehead atoms. The molecule has 1 atom stereocenters. The van der Waals surface area contributed by atoms with E-state index in [0.29, 0.717) is 12.5 Å². The predicted octanol–water partition coefficient (Wildman–Crippen LogP) is 3.00. The van der Waals surface area contributed by atoms with Crippen molar-refractivity contribution in [1.82, 2.24) is 25.8 Å². The topological polar surface area (TPSA) is 95.6 Å². The monoisotopic (exact) mass is 499 g/mol. The Hall–Kier alpha value is -3.37. The summed E-state index contributed by atoms with van der Waals surface area (Å²) in [7, 11) is 1.44. The molecule has 3 amide bonds.